The molecule has 0 aliphatic heterocycles. The van der Waals surface area contributed by atoms with Gasteiger partial charge in [-0.25, -0.2) is 0 Å². The van der Waals surface area contributed by atoms with E-state index in [-0.39, 0.29) is 5.97 Å². The summed E-state index contributed by atoms with van der Waals surface area (Å²) in [5, 5.41) is 0. The van der Waals surface area contributed by atoms with E-state index in [2.05, 4.69) is 33.5 Å². The largest absolute Gasteiger partial charge is 0.520 e. The Hall–Kier alpha value is -0.313. The Bertz CT molecular complexity index is 334. The second kappa shape index (κ2) is 17.8. The van der Waals surface area contributed by atoms with Crippen LogP contribution in [0.2, 0.25) is 19.6 Å². The highest BCUT2D eigenvalue weighted by Gasteiger charge is 2.19. The van der Waals surface area contributed by atoms with Crippen molar-refractivity contribution < 1.29 is 9.22 Å². The predicted octanol–water partition coefficient (Wildman–Crippen LogP) is 8.65. The molecule has 0 rings (SSSR count). The van der Waals surface area contributed by atoms with Crippen molar-refractivity contribution in [2.24, 2.45) is 5.92 Å². The van der Waals surface area contributed by atoms with Crippen LogP contribution in [0.15, 0.2) is 0 Å². The van der Waals surface area contributed by atoms with E-state index in [4.69, 9.17) is 4.43 Å². The Kier molecular flexibility index (Phi) is 17.6. The molecule has 0 aromatic rings. The van der Waals surface area contributed by atoms with Crippen LogP contribution in [0.25, 0.3) is 0 Å². The SMILES string of the molecule is CC(C)CCCCCCCCCCCCCCCCCC(=O)O[Si](C)(C)C. The lowest BCUT2D eigenvalue weighted by molar-refractivity contribution is -0.135. The van der Waals surface area contributed by atoms with Gasteiger partial charge in [-0.15, -0.1) is 0 Å². The van der Waals surface area contributed by atoms with Crippen LogP contribution in [-0.4, -0.2) is 14.3 Å². The molecule has 0 bridgehead atoms. The highest BCUT2D eigenvalue weighted by Crippen LogP contribution is 2.15. The third kappa shape index (κ3) is 23.6. The Morgan fingerprint density at radius 1 is 0.630 bits per heavy atom. The smallest absolute Gasteiger partial charge is 0.292 e. The molecule has 0 unspecified atom stereocenters. The van der Waals surface area contributed by atoms with Gasteiger partial charge in [-0.2, -0.15) is 0 Å². The number of hydrogen-bond donors (Lipinski definition) is 0. The van der Waals surface area contributed by atoms with Crippen LogP contribution in [0.1, 0.15) is 123 Å². The second-order valence-corrected chi connectivity index (χ2v) is 14.3. The van der Waals surface area contributed by atoms with Gasteiger partial charge in [0.25, 0.3) is 5.97 Å². The van der Waals surface area contributed by atoms with E-state index in [1.165, 1.54) is 96.3 Å². The summed E-state index contributed by atoms with van der Waals surface area (Å²) in [6.07, 6.45) is 22.5. The van der Waals surface area contributed by atoms with Crippen LogP contribution in [0.3, 0.4) is 0 Å². The van der Waals surface area contributed by atoms with E-state index < -0.39 is 8.32 Å². The van der Waals surface area contributed by atoms with Crippen molar-refractivity contribution in [3.8, 4) is 0 Å². The normalized spacial score (nSPS) is 11.9. The minimum atomic E-state index is -1.68. The van der Waals surface area contributed by atoms with E-state index in [1.54, 1.807) is 0 Å². The molecule has 27 heavy (non-hydrogen) atoms. The predicted molar refractivity (Wildman–Crippen MR) is 123 cm³/mol. The number of unbranched alkanes of at least 4 members (excludes halogenated alkanes) is 14. The van der Waals surface area contributed by atoms with Crippen LogP contribution < -0.4 is 0 Å². The Morgan fingerprint density at radius 3 is 1.30 bits per heavy atom. The molecule has 0 amide bonds. The van der Waals surface area contributed by atoms with E-state index in [0.29, 0.717) is 6.42 Å². The van der Waals surface area contributed by atoms with E-state index in [9.17, 15) is 4.79 Å². The van der Waals surface area contributed by atoms with Crippen molar-refractivity contribution in [1.82, 2.24) is 0 Å². The molecule has 0 atom stereocenters. The summed E-state index contributed by atoms with van der Waals surface area (Å²) in [5.41, 5.74) is 0. The van der Waals surface area contributed by atoms with E-state index in [1.807, 2.05) is 0 Å². The fraction of sp³-hybridized carbons (Fsp3) is 0.958. The molecule has 0 aliphatic rings. The molecule has 0 saturated heterocycles. The summed E-state index contributed by atoms with van der Waals surface area (Å²) in [7, 11) is -1.68. The second-order valence-electron chi connectivity index (χ2n) is 9.82. The minimum absolute atomic E-state index is 0.0183. The van der Waals surface area contributed by atoms with Gasteiger partial charge in [0.05, 0.1) is 0 Å². The zero-order valence-corrected chi connectivity index (χ0v) is 20.4. The van der Waals surface area contributed by atoms with Crippen LogP contribution in [-0.2, 0) is 9.22 Å². The molecule has 162 valence electrons. The number of carbonyl (C=O) groups is 1. The third-order valence-electron chi connectivity index (χ3n) is 5.08. The van der Waals surface area contributed by atoms with Gasteiger partial charge in [0.15, 0.2) is 0 Å². The summed E-state index contributed by atoms with van der Waals surface area (Å²) in [4.78, 5) is 11.6. The first-order valence-corrected chi connectivity index (χ1v) is 15.4. The monoisotopic (exact) mass is 398 g/mol. The summed E-state index contributed by atoms with van der Waals surface area (Å²) in [6.45, 7) is 10.9. The summed E-state index contributed by atoms with van der Waals surface area (Å²) in [5.74, 6) is 0.897. The minimum Gasteiger partial charge on any atom is -0.520 e. The molecule has 0 aliphatic carbocycles. The first-order chi connectivity index (χ1) is 12.8. The van der Waals surface area contributed by atoms with E-state index >= 15 is 0 Å². The maximum absolute atomic E-state index is 11.6. The zero-order chi connectivity index (χ0) is 20.4. The van der Waals surface area contributed by atoms with Gasteiger partial charge in [0, 0.05) is 6.42 Å². The molecular formula is C24H50O2Si. The molecule has 0 aromatic carbocycles. The van der Waals surface area contributed by atoms with Crippen molar-refractivity contribution in [1.29, 1.82) is 0 Å². The lowest BCUT2D eigenvalue weighted by Crippen LogP contribution is -2.28. The van der Waals surface area contributed by atoms with Gasteiger partial charge in [-0.1, -0.05) is 110 Å². The zero-order valence-electron chi connectivity index (χ0n) is 19.4. The number of carbonyl (C=O) groups excluding carboxylic acids is 1. The fourth-order valence-electron chi connectivity index (χ4n) is 3.51. The Labute approximate surface area is 172 Å². The van der Waals surface area contributed by atoms with Crippen molar-refractivity contribution in [2.75, 3.05) is 0 Å². The molecular weight excluding hydrogens is 348 g/mol. The van der Waals surface area contributed by atoms with Crippen molar-refractivity contribution in [3.05, 3.63) is 0 Å². The maximum Gasteiger partial charge on any atom is 0.292 e. The van der Waals surface area contributed by atoms with Crippen molar-refractivity contribution in [2.45, 2.75) is 143 Å². The van der Waals surface area contributed by atoms with Crippen LogP contribution in [0.5, 0.6) is 0 Å². The highest BCUT2D eigenvalue weighted by molar-refractivity contribution is 6.71. The fourth-order valence-corrected chi connectivity index (χ4v) is 4.30. The van der Waals surface area contributed by atoms with Crippen molar-refractivity contribution >= 4 is 14.3 Å². The van der Waals surface area contributed by atoms with Gasteiger partial charge in [0.1, 0.15) is 0 Å². The molecule has 3 heteroatoms. The molecule has 0 N–H and O–H groups in total. The molecule has 0 fully saturated rings. The van der Waals surface area contributed by atoms with Gasteiger partial charge in [-0.05, 0) is 32.0 Å². The summed E-state index contributed by atoms with van der Waals surface area (Å²) < 4.78 is 5.47. The first kappa shape index (κ1) is 26.7. The van der Waals surface area contributed by atoms with Crippen LogP contribution in [0, 0.1) is 5.92 Å². The lowest BCUT2D eigenvalue weighted by atomic mass is 10.0. The average Bonchev–Trinajstić information content (AvgIpc) is 2.55. The summed E-state index contributed by atoms with van der Waals surface area (Å²) in [6, 6.07) is 0. The van der Waals surface area contributed by atoms with Crippen LogP contribution >= 0.6 is 0 Å². The molecule has 0 saturated carbocycles. The lowest BCUT2D eigenvalue weighted by Gasteiger charge is -2.17. The quantitative estimate of drug-likeness (QED) is 0.161. The number of hydrogen-bond acceptors (Lipinski definition) is 2. The molecule has 0 radical (unpaired) electrons. The highest BCUT2D eigenvalue weighted by atomic mass is 28.4. The van der Waals surface area contributed by atoms with Gasteiger partial charge >= 0.3 is 0 Å². The van der Waals surface area contributed by atoms with E-state index in [0.717, 1.165) is 12.3 Å². The third-order valence-corrected chi connectivity index (χ3v) is 5.92. The maximum atomic E-state index is 11.6. The van der Waals surface area contributed by atoms with Gasteiger partial charge in [0.2, 0.25) is 8.32 Å². The molecule has 0 spiro atoms. The molecule has 2 nitrogen and oxygen atoms in total. The van der Waals surface area contributed by atoms with Gasteiger partial charge in [-0.3, -0.25) is 4.79 Å². The molecule has 0 aromatic heterocycles. The Morgan fingerprint density at radius 2 is 0.963 bits per heavy atom. The Balaban J connectivity index is 3.14. The van der Waals surface area contributed by atoms with Gasteiger partial charge < -0.3 is 4.43 Å². The summed E-state index contributed by atoms with van der Waals surface area (Å²) >= 11 is 0. The topological polar surface area (TPSA) is 26.3 Å². The average molecular weight is 399 g/mol. The van der Waals surface area contributed by atoms with Crippen molar-refractivity contribution in [3.63, 3.8) is 0 Å². The number of rotatable bonds is 19. The molecule has 0 heterocycles. The first-order valence-electron chi connectivity index (χ1n) is 12.0. The standard InChI is InChI=1S/C24H50O2Si/c1-23(2)21-19-17-15-13-11-9-7-6-8-10-12-14-16-18-20-22-24(25)26-27(3,4)5/h23H,6-22H2,1-5H3. The van der Waals surface area contributed by atoms with Crippen LogP contribution in [0.4, 0.5) is 0 Å².